The third-order valence-corrected chi connectivity index (χ3v) is 7.96. The Bertz CT molecular complexity index is 1610. The lowest BCUT2D eigenvalue weighted by molar-refractivity contribution is -0.172. The van der Waals surface area contributed by atoms with Crippen molar-refractivity contribution in [3.63, 3.8) is 0 Å². The van der Waals surface area contributed by atoms with Gasteiger partial charge in [-0.05, 0) is 48.9 Å². The molecule has 3 atom stereocenters. The number of fused-ring (bicyclic) bond motifs is 5. The number of ether oxygens (including phenoxy) is 1. The van der Waals surface area contributed by atoms with Crippen molar-refractivity contribution >= 4 is 22.8 Å². The molecular formula is C26H25FN4O6. The normalized spacial score (nSPS) is 22.2. The predicted molar refractivity (Wildman–Crippen MR) is 129 cm³/mol. The van der Waals surface area contributed by atoms with Crippen LogP contribution in [-0.4, -0.2) is 37.9 Å². The van der Waals surface area contributed by atoms with Gasteiger partial charge in [-0.15, -0.1) is 0 Å². The van der Waals surface area contributed by atoms with Gasteiger partial charge >= 0.3 is 5.97 Å². The van der Waals surface area contributed by atoms with Gasteiger partial charge in [0.05, 0.1) is 35.1 Å². The van der Waals surface area contributed by atoms with E-state index in [1.807, 2.05) is 0 Å². The fourth-order valence-corrected chi connectivity index (χ4v) is 5.96. The molecule has 1 aliphatic carbocycles. The van der Waals surface area contributed by atoms with E-state index in [0.717, 1.165) is 5.56 Å². The number of pyridine rings is 2. The molecule has 3 aliphatic rings. The fourth-order valence-electron chi connectivity index (χ4n) is 5.96. The Labute approximate surface area is 209 Å². The van der Waals surface area contributed by atoms with E-state index < -0.39 is 41.1 Å². The largest absolute Gasteiger partial charge is 0.458 e. The first-order chi connectivity index (χ1) is 17.6. The number of esters is 1. The van der Waals surface area contributed by atoms with Crippen molar-refractivity contribution in [3.05, 3.63) is 61.7 Å². The number of hydrogen-bond donors (Lipinski definition) is 4. The van der Waals surface area contributed by atoms with Crippen molar-refractivity contribution < 1.29 is 28.9 Å². The van der Waals surface area contributed by atoms with E-state index in [1.165, 1.54) is 10.6 Å². The summed E-state index contributed by atoms with van der Waals surface area (Å²) < 4.78 is 21.5. The molecule has 0 saturated heterocycles. The van der Waals surface area contributed by atoms with E-state index in [4.69, 9.17) is 15.5 Å². The van der Waals surface area contributed by atoms with Crippen LogP contribution in [0.2, 0.25) is 0 Å². The molecule has 2 aromatic heterocycles. The number of rotatable bonds is 3. The SMILES string of the molecule is CC[C@@]1(O)C(=O)OCc2c1cc1n(c2=O)Cc2c-1nc1cc(F)c(C)c3c1c2[C@@H](NC(=O)[C@H](N)O)CC3. The van der Waals surface area contributed by atoms with Gasteiger partial charge in [0.25, 0.3) is 11.5 Å². The summed E-state index contributed by atoms with van der Waals surface area (Å²) in [6, 6.07) is 2.36. The average molecular weight is 509 g/mol. The number of amides is 1. The quantitative estimate of drug-likeness (QED) is 0.235. The lowest BCUT2D eigenvalue weighted by Crippen LogP contribution is -2.44. The minimum Gasteiger partial charge on any atom is -0.458 e. The monoisotopic (exact) mass is 508 g/mol. The highest BCUT2D eigenvalue weighted by Gasteiger charge is 2.46. The topological polar surface area (TPSA) is 157 Å². The molecule has 11 heteroatoms. The van der Waals surface area contributed by atoms with Crippen LogP contribution in [0.4, 0.5) is 4.39 Å². The van der Waals surface area contributed by atoms with Gasteiger partial charge in [-0.3, -0.25) is 15.3 Å². The summed E-state index contributed by atoms with van der Waals surface area (Å²) in [6.45, 7) is 3.19. The Kier molecular flexibility index (Phi) is 5.07. The summed E-state index contributed by atoms with van der Waals surface area (Å²) in [4.78, 5) is 43.1. The van der Waals surface area contributed by atoms with Gasteiger partial charge in [0, 0.05) is 22.6 Å². The van der Waals surface area contributed by atoms with E-state index in [2.05, 4.69) is 5.32 Å². The van der Waals surface area contributed by atoms with Crippen molar-refractivity contribution in [2.45, 2.75) is 64.1 Å². The maximum absolute atomic E-state index is 14.9. The van der Waals surface area contributed by atoms with Gasteiger partial charge in [-0.25, -0.2) is 14.2 Å². The molecule has 0 saturated carbocycles. The molecule has 0 radical (unpaired) electrons. The van der Waals surface area contributed by atoms with Crippen LogP contribution < -0.4 is 16.6 Å². The van der Waals surface area contributed by atoms with Crippen LogP contribution in [0.15, 0.2) is 16.9 Å². The molecular weight excluding hydrogens is 483 g/mol. The first-order valence-corrected chi connectivity index (χ1v) is 12.1. The molecule has 1 aromatic carbocycles. The van der Waals surface area contributed by atoms with Crippen LogP contribution in [-0.2, 0) is 39.5 Å². The molecule has 0 unspecified atom stereocenters. The molecule has 4 heterocycles. The summed E-state index contributed by atoms with van der Waals surface area (Å²) in [5, 5.41) is 24.2. The Hall–Kier alpha value is -3.67. The van der Waals surface area contributed by atoms with E-state index in [9.17, 15) is 29.0 Å². The van der Waals surface area contributed by atoms with Crippen LogP contribution in [0.3, 0.4) is 0 Å². The van der Waals surface area contributed by atoms with Crippen LogP contribution >= 0.6 is 0 Å². The summed E-state index contributed by atoms with van der Waals surface area (Å²) in [5.41, 5.74) is 7.15. The number of aliphatic hydroxyl groups is 2. The molecule has 6 rings (SSSR count). The zero-order chi connectivity index (χ0) is 26.4. The Balaban J connectivity index is 1.65. The molecule has 1 amide bonds. The maximum atomic E-state index is 14.9. The van der Waals surface area contributed by atoms with Crippen molar-refractivity contribution in [1.82, 2.24) is 14.9 Å². The number of nitrogens with zero attached hydrogens (tertiary/aromatic N) is 2. The minimum absolute atomic E-state index is 0.00829. The third kappa shape index (κ3) is 3.14. The van der Waals surface area contributed by atoms with Gasteiger partial charge in [0.2, 0.25) is 0 Å². The fraction of sp³-hybridized carbons (Fsp3) is 0.385. The van der Waals surface area contributed by atoms with E-state index >= 15 is 0 Å². The van der Waals surface area contributed by atoms with Crippen molar-refractivity contribution in [2.24, 2.45) is 5.73 Å². The minimum atomic E-state index is -1.97. The second-order valence-corrected chi connectivity index (χ2v) is 9.86. The third-order valence-electron chi connectivity index (χ3n) is 7.96. The number of cyclic esters (lactones) is 1. The number of carbonyl (C=O) groups excluding carboxylic acids is 2. The van der Waals surface area contributed by atoms with Gasteiger partial charge in [-0.2, -0.15) is 0 Å². The highest BCUT2D eigenvalue weighted by atomic mass is 19.1. The Morgan fingerprint density at radius 3 is 2.81 bits per heavy atom. The number of benzene rings is 1. The first-order valence-electron chi connectivity index (χ1n) is 12.1. The highest BCUT2D eigenvalue weighted by molar-refractivity contribution is 5.94. The second-order valence-electron chi connectivity index (χ2n) is 9.86. The van der Waals surface area contributed by atoms with Gasteiger partial charge in [-0.1, -0.05) is 6.92 Å². The Morgan fingerprint density at radius 1 is 1.35 bits per heavy atom. The van der Waals surface area contributed by atoms with Crippen LogP contribution in [0, 0.1) is 12.7 Å². The summed E-state index contributed by atoms with van der Waals surface area (Å²) in [5.74, 6) is -1.99. The number of aliphatic hydroxyl groups excluding tert-OH is 1. The van der Waals surface area contributed by atoms with Gasteiger partial charge in [0.15, 0.2) is 11.8 Å². The summed E-state index contributed by atoms with van der Waals surface area (Å²) in [6.07, 6.45) is -0.795. The average Bonchev–Trinajstić information content (AvgIpc) is 3.24. The highest BCUT2D eigenvalue weighted by Crippen LogP contribution is 2.45. The number of nitrogens with one attached hydrogen (secondary N) is 1. The standard InChI is InChI=1S/C26H25FN4O6/c1-3-26(36)14-6-18-21-12(8-31(18)24(34)13(14)9-37-25(26)35)20-16(30-23(33)22(28)32)5-4-11-10(2)15(27)7-17(29-21)19(11)20/h6-7,16,22,32,36H,3-5,8-9,28H2,1-2H3,(H,30,33)/t16-,22+,26-/m0/s1. The van der Waals surface area contributed by atoms with Crippen LogP contribution in [0.1, 0.15) is 59.2 Å². The molecule has 0 fully saturated rings. The van der Waals surface area contributed by atoms with E-state index in [-0.39, 0.29) is 30.7 Å². The molecule has 10 nitrogen and oxygen atoms in total. The van der Waals surface area contributed by atoms with Crippen molar-refractivity contribution in [1.29, 1.82) is 0 Å². The maximum Gasteiger partial charge on any atom is 0.343 e. The number of aromatic nitrogens is 2. The number of halogens is 1. The molecule has 0 bridgehead atoms. The smallest absolute Gasteiger partial charge is 0.343 e. The van der Waals surface area contributed by atoms with Crippen LogP contribution in [0.25, 0.3) is 22.3 Å². The summed E-state index contributed by atoms with van der Waals surface area (Å²) >= 11 is 0. The first kappa shape index (κ1) is 23.7. The van der Waals surface area contributed by atoms with Crippen molar-refractivity contribution in [3.8, 4) is 11.4 Å². The van der Waals surface area contributed by atoms with Crippen LogP contribution in [0.5, 0.6) is 0 Å². The number of aryl methyl sites for hydroxylation is 1. The predicted octanol–water partition coefficient (Wildman–Crippen LogP) is 0.908. The zero-order valence-corrected chi connectivity index (χ0v) is 20.2. The summed E-state index contributed by atoms with van der Waals surface area (Å²) in [7, 11) is 0. The number of hydrogen-bond acceptors (Lipinski definition) is 8. The second kappa shape index (κ2) is 7.91. The zero-order valence-electron chi connectivity index (χ0n) is 20.2. The van der Waals surface area contributed by atoms with Gasteiger partial charge < -0.3 is 24.8 Å². The lowest BCUT2D eigenvalue weighted by atomic mass is 9.81. The molecule has 2 aliphatic heterocycles. The molecule has 192 valence electrons. The van der Waals surface area contributed by atoms with Crippen molar-refractivity contribution in [2.75, 3.05) is 0 Å². The van der Waals surface area contributed by atoms with Gasteiger partial charge in [0.1, 0.15) is 12.4 Å². The van der Waals surface area contributed by atoms with E-state index in [1.54, 1.807) is 19.9 Å². The number of carbonyl (C=O) groups is 2. The molecule has 5 N–H and O–H groups in total. The molecule has 37 heavy (non-hydrogen) atoms. The van der Waals surface area contributed by atoms with E-state index in [0.29, 0.717) is 51.8 Å². The molecule has 3 aromatic rings. The number of nitrogens with two attached hydrogens (primary N) is 1. The lowest BCUT2D eigenvalue weighted by Gasteiger charge is -2.31. The Morgan fingerprint density at radius 2 is 2.11 bits per heavy atom. The molecule has 0 spiro atoms.